The summed E-state index contributed by atoms with van der Waals surface area (Å²) in [4.78, 5) is 38.6. The van der Waals surface area contributed by atoms with E-state index in [0.717, 1.165) is 12.8 Å². The van der Waals surface area contributed by atoms with Crippen LogP contribution in [0.3, 0.4) is 0 Å². The number of urea groups is 1. The fourth-order valence-electron chi connectivity index (χ4n) is 3.64. The van der Waals surface area contributed by atoms with Crippen molar-refractivity contribution in [3.63, 3.8) is 0 Å². The van der Waals surface area contributed by atoms with Gasteiger partial charge in [-0.2, -0.15) is 0 Å². The third kappa shape index (κ3) is 5.77. The van der Waals surface area contributed by atoms with Crippen molar-refractivity contribution in [3.05, 3.63) is 12.2 Å². The molecule has 1 aliphatic carbocycles. The van der Waals surface area contributed by atoms with Gasteiger partial charge in [-0.25, -0.2) is 4.79 Å². The maximum absolute atomic E-state index is 12.7. The maximum atomic E-state index is 12.7. The fourth-order valence-corrected chi connectivity index (χ4v) is 3.64. The summed E-state index contributed by atoms with van der Waals surface area (Å²) in [5, 5.41) is 5.50. The number of ether oxygens (including phenoxy) is 2. The number of nitrogens with zero attached hydrogens (tertiary/aromatic N) is 1. The van der Waals surface area contributed by atoms with E-state index in [-0.39, 0.29) is 30.9 Å². The second-order valence-corrected chi connectivity index (χ2v) is 7.35. The van der Waals surface area contributed by atoms with Crippen LogP contribution in [0.1, 0.15) is 32.1 Å². The molecule has 2 N–H and O–H groups in total. The van der Waals surface area contributed by atoms with Gasteiger partial charge in [0.05, 0.1) is 19.8 Å². The SMILES string of the molecule is O=C(N[C@H]1COCC1=O)C(/C=C/C1CCCCC1)NC(=O)N1CCOCC1. The quantitative estimate of drug-likeness (QED) is 0.683. The van der Waals surface area contributed by atoms with Gasteiger partial charge in [0.1, 0.15) is 18.7 Å². The van der Waals surface area contributed by atoms with Crippen molar-refractivity contribution in [1.82, 2.24) is 15.5 Å². The van der Waals surface area contributed by atoms with E-state index < -0.39 is 12.1 Å². The standard InChI is InChI=1S/C19H29N3O5/c23-17-13-27-12-16(17)20-18(24)15(7-6-14-4-2-1-3-5-14)21-19(25)22-8-10-26-11-9-22/h6-7,14-16H,1-5,8-13H2,(H,20,24)(H,21,25)/b7-6+/t15?,16-/m0/s1. The van der Waals surface area contributed by atoms with Gasteiger partial charge in [-0.15, -0.1) is 0 Å². The molecule has 0 aromatic rings. The monoisotopic (exact) mass is 379 g/mol. The lowest BCUT2D eigenvalue weighted by Crippen LogP contribution is -2.55. The molecule has 0 aromatic carbocycles. The number of amides is 3. The Hall–Kier alpha value is -1.93. The highest BCUT2D eigenvalue weighted by atomic mass is 16.5. The number of rotatable bonds is 5. The first-order valence-electron chi connectivity index (χ1n) is 9.86. The largest absolute Gasteiger partial charge is 0.378 e. The highest BCUT2D eigenvalue weighted by Gasteiger charge is 2.30. The first-order valence-corrected chi connectivity index (χ1v) is 9.86. The maximum Gasteiger partial charge on any atom is 0.318 e. The van der Waals surface area contributed by atoms with E-state index in [1.165, 1.54) is 19.3 Å². The van der Waals surface area contributed by atoms with Gasteiger partial charge in [0, 0.05) is 13.1 Å². The van der Waals surface area contributed by atoms with Crippen LogP contribution >= 0.6 is 0 Å². The smallest absolute Gasteiger partial charge is 0.318 e. The van der Waals surface area contributed by atoms with Crippen molar-refractivity contribution in [2.24, 2.45) is 5.92 Å². The molecule has 2 aliphatic heterocycles. The zero-order chi connectivity index (χ0) is 19.1. The van der Waals surface area contributed by atoms with Crippen LogP contribution in [0.4, 0.5) is 4.79 Å². The summed E-state index contributed by atoms with van der Waals surface area (Å²) in [7, 11) is 0. The number of nitrogens with one attached hydrogen (secondary N) is 2. The Bertz CT molecular complexity index is 568. The van der Waals surface area contributed by atoms with Crippen molar-refractivity contribution in [1.29, 1.82) is 0 Å². The average Bonchev–Trinajstić information content (AvgIpc) is 3.10. The second kappa shape index (κ2) is 9.85. The van der Waals surface area contributed by atoms with Crippen molar-refractivity contribution in [3.8, 4) is 0 Å². The van der Waals surface area contributed by atoms with Gasteiger partial charge in [0.2, 0.25) is 5.91 Å². The van der Waals surface area contributed by atoms with E-state index in [0.29, 0.717) is 32.2 Å². The Morgan fingerprint density at radius 1 is 1.11 bits per heavy atom. The molecule has 1 unspecified atom stereocenters. The molecule has 3 amide bonds. The lowest BCUT2D eigenvalue weighted by Gasteiger charge is -2.28. The fraction of sp³-hybridized carbons (Fsp3) is 0.737. The number of hydrogen-bond donors (Lipinski definition) is 2. The van der Waals surface area contributed by atoms with Crippen LogP contribution < -0.4 is 10.6 Å². The summed E-state index contributed by atoms with van der Waals surface area (Å²) in [5.41, 5.74) is 0. The zero-order valence-electron chi connectivity index (χ0n) is 15.7. The highest BCUT2D eigenvalue weighted by Crippen LogP contribution is 2.24. The Morgan fingerprint density at radius 2 is 1.85 bits per heavy atom. The van der Waals surface area contributed by atoms with Gasteiger partial charge in [0.25, 0.3) is 0 Å². The van der Waals surface area contributed by atoms with E-state index in [1.807, 2.05) is 6.08 Å². The molecule has 0 radical (unpaired) electrons. The number of ketones is 1. The summed E-state index contributed by atoms with van der Waals surface area (Å²) < 4.78 is 10.4. The highest BCUT2D eigenvalue weighted by molar-refractivity contribution is 5.94. The lowest BCUT2D eigenvalue weighted by molar-refractivity contribution is -0.126. The minimum absolute atomic E-state index is 0.0215. The molecule has 1 saturated carbocycles. The van der Waals surface area contributed by atoms with Gasteiger partial charge >= 0.3 is 6.03 Å². The number of carbonyl (C=O) groups is 3. The van der Waals surface area contributed by atoms with Gasteiger partial charge in [-0.1, -0.05) is 31.4 Å². The minimum Gasteiger partial charge on any atom is -0.378 e. The molecule has 8 heteroatoms. The number of carbonyl (C=O) groups excluding carboxylic acids is 3. The third-order valence-electron chi connectivity index (χ3n) is 5.32. The first-order chi connectivity index (χ1) is 13.1. The number of hydrogen-bond acceptors (Lipinski definition) is 5. The zero-order valence-corrected chi connectivity index (χ0v) is 15.7. The molecule has 0 bridgehead atoms. The van der Waals surface area contributed by atoms with Crippen LogP contribution in [-0.4, -0.2) is 74.2 Å². The Labute approximate surface area is 159 Å². The molecule has 150 valence electrons. The summed E-state index contributed by atoms with van der Waals surface area (Å²) in [6.07, 6.45) is 9.67. The van der Waals surface area contributed by atoms with Gasteiger partial charge in [-0.05, 0) is 18.8 Å². The predicted octanol–water partition coefficient (Wildman–Crippen LogP) is 0.617. The third-order valence-corrected chi connectivity index (χ3v) is 5.32. The predicted molar refractivity (Wildman–Crippen MR) is 98.2 cm³/mol. The first kappa shape index (κ1) is 19.8. The van der Waals surface area contributed by atoms with Crippen LogP contribution in [-0.2, 0) is 19.1 Å². The summed E-state index contributed by atoms with van der Waals surface area (Å²) in [5.74, 6) is -0.0869. The molecule has 2 saturated heterocycles. The molecule has 0 aromatic heterocycles. The second-order valence-electron chi connectivity index (χ2n) is 7.35. The van der Waals surface area contributed by atoms with E-state index in [2.05, 4.69) is 10.6 Å². The van der Waals surface area contributed by atoms with Crippen LogP contribution in [0, 0.1) is 5.92 Å². The Morgan fingerprint density at radius 3 is 2.52 bits per heavy atom. The Kier molecular flexibility index (Phi) is 7.23. The topological polar surface area (TPSA) is 97.0 Å². The molecule has 3 aliphatic rings. The summed E-state index contributed by atoms with van der Waals surface area (Å²) in [6, 6.07) is -1.74. The Balaban J connectivity index is 1.62. The molecule has 27 heavy (non-hydrogen) atoms. The van der Waals surface area contributed by atoms with E-state index in [1.54, 1.807) is 11.0 Å². The van der Waals surface area contributed by atoms with Crippen LogP contribution in [0.2, 0.25) is 0 Å². The molecular formula is C19H29N3O5. The van der Waals surface area contributed by atoms with E-state index in [9.17, 15) is 14.4 Å². The summed E-state index contributed by atoms with van der Waals surface area (Å²) in [6.45, 7) is 2.20. The van der Waals surface area contributed by atoms with Gasteiger partial charge < -0.3 is 25.0 Å². The minimum atomic E-state index is -0.810. The normalized spacial score (nSPS) is 25.6. The van der Waals surface area contributed by atoms with Crippen LogP contribution in [0.25, 0.3) is 0 Å². The summed E-state index contributed by atoms with van der Waals surface area (Å²) >= 11 is 0. The molecule has 0 spiro atoms. The van der Waals surface area contributed by atoms with Crippen LogP contribution in [0.15, 0.2) is 12.2 Å². The lowest BCUT2D eigenvalue weighted by atomic mass is 9.88. The van der Waals surface area contributed by atoms with E-state index in [4.69, 9.17) is 9.47 Å². The van der Waals surface area contributed by atoms with Crippen LogP contribution in [0.5, 0.6) is 0 Å². The van der Waals surface area contributed by atoms with Crippen molar-refractivity contribution < 1.29 is 23.9 Å². The van der Waals surface area contributed by atoms with E-state index >= 15 is 0 Å². The van der Waals surface area contributed by atoms with Gasteiger partial charge in [-0.3, -0.25) is 9.59 Å². The van der Waals surface area contributed by atoms with Gasteiger partial charge in [0.15, 0.2) is 5.78 Å². The molecule has 2 atom stereocenters. The number of allylic oxidation sites excluding steroid dienone is 1. The molecule has 3 rings (SSSR count). The van der Waals surface area contributed by atoms with Crippen molar-refractivity contribution in [2.75, 3.05) is 39.5 Å². The number of Topliss-reactive ketones (excluding diaryl/α,β-unsaturated/α-hetero) is 1. The molecule has 3 fully saturated rings. The molecule has 8 nitrogen and oxygen atoms in total. The van der Waals surface area contributed by atoms with Crippen molar-refractivity contribution in [2.45, 2.75) is 44.2 Å². The average molecular weight is 379 g/mol. The molecular weight excluding hydrogens is 350 g/mol. The van der Waals surface area contributed by atoms with Crippen molar-refractivity contribution >= 4 is 17.7 Å². The molecule has 2 heterocycles. The number of morpholine rings is 1.